The van der Waals surface area contributed by atoms with E-state index in [0.29, 0.717) is 27.2 Å². The standard InChI is InChI=1S/C20H16N2O5S/c1-3-27-20(24)15-14-10-11(2)8-9-21(14)16-17(23)18(28-19(15)16)12-6-4-5-7-13(12)22(25)26/h4-10,18H,3H2,1-2H3. The predicted octanol–water partition coefficient (Wildman–Crippen LogP) is 4.36. The number of carbonyl (C=O) groups is 2. The Labute approximate surface area is 164 Å². The van der Waals surface area contributed by atoms with Gasteiger partial charge in [-0.3, -0.25) is 14.9 Å². The van der Waals surface area contributed by atoms with Crippen LogP contribution in [-0.2, 0) is 4.74 Å². The fraction of sp³-hybridized carbons (Fsp3) is 0.200. The third-order valence-corrected chi connectivity index (χ3v) is 5.99. The van der Waals surface area contributed by atoms with E-state index in [1.165, 1.54) is 17.8 Å². The molecule has 7 nitrogen and oxygen atoms in total. The molecule has 4 rings (SSSR count). The van der Waals surface area contributed by atoms with Gasteiger partial charge in [-0.25, -0.2) is 4.79 Å². The van der Waals surface area contributed by atoms with Gasteiger partial charge in [0.05, 0.1) is 33.1 Å². The molecule has 0 N–H and O–H groups in total. The van der Waals surface area contributed by atoms with Crippen molar-refractivity contribution >= 4 is 34.7 Å². The summed E-state index contributed by atoms with van der Waals surface area (Å²) in [7, 11) is 0. The number of pyridine rings is 1. The first kappa shape index (κ1) is 18.2. The zero-order chi connectivity index (χ0) is 20.0. The number of esters is 1. The smallest absolute Gasteiger partial charge is 0.341 e. The molecule has 3 aromatic rings. The molecule has 1 unspecified atom stereocenters. The van der Waals surface area contributed by atoms with Crippen LogP contribution in [-0.4, -0.2) is 27.7 Å². The van der Waals surface area contributed by atoms with Gasteiger partial charge in [0, 0.05) is 12.3 Å². The Morgan fingerprint density at radius 3 is 2.79 bits per heavy atom. The number of fused-ring (bicyclic) bond motifs is 3. The van der Waals surface area contributed by atoms with E-state index in [1.54, 1.807) is 35.7 Å². The van der Waals surface area contributed by atoms with Crippen LogP contribution in [0.4, 0.5) is 5.69 Å². The first-order chi connectivity index (χ1) is 13.4. The number of thioether (sulfide) groups is 1. The summed E-state index contributed by atoms with van der Waals surface area (Å²) < 4.78 is 6.89. The van der Waals surface area contributed by atoms with Crippen molar-refractivity contribution in [1.82, 2.24) is 4.40 Å². The van der Waals surface area contributed by atoms with Crippen molar-refractivity contribution in [2.75, 3.05) is 6.61 Å². The molecule has 8 heteroatoms. The number of nitro benzene ring substituents is 1. The molecule has 142 valence electrons. The van der Waals surface area contributed by atoms with Crippen molar-refractivity contribution in [2.45, 2.75) is 24.0 Å². The van der Waals surface area contributed by atoms with Crippen LogP contribution in [0, 0.1) is 17.0 Å². The largest absolute Gasteiger partial charge is 0.462 e. The van der Waals surface area contributed by atoms with E-state index >= 15 is 0 Å². The summed E-state index contributed by atoms with van der Waals surface area (Å²) in [5.41, 5.74) is 2.47. The average molecular weight is 396 g/mol. The fourth-order valence-corrected chi connectivity index (χ4v) is 4.86. The number of rotatable bonds is 4. The molecule has 0 saturated heterocycles. The van der Waals surface area contributed by atoms with Crippen LogP contribution in [0.2, 0.25) is 0 Å². The molecule has 1 atom stereocenters. The van der Waals surface area contributed by atoms with Crippen molar-refractivity contribution in [3.8, 4) is 0 Å². The predicted molar refractivity (Wildman–Crippen MR) is 104 cm³/mol. The van der Waals surface area contributed by atoms with Crippen molar-refractivity contribution in [1.29, 1.82) is 0 Å². The van der Waals surface area contributed by atoms with Crippen LogP contribution in [0.3, 0.4) is 0 Å². The summed E-state index contributed by atoms with van der Waals surface area (Å²) in [5, 5.41) is 10.6. The maximum atomic E-state index is 13.2. The van der Waals surface area contributed by atoms with Gasteiger partial charge < -0.3 is 9.14 Å². The Kier molecular flexibility index (Phi) is 4.43. The molecule has 28 heavy (non-hydrogen) atoms. The SMILES string of the molecule is CCOC(=O)c1c2c(n3ccc(C)cc13)C(=O)C(c1ccccc1[N+](=O)[O-])S2. The topological polar surface area (TPSA) is 90.9 Å². The number of carbonyl (C=O) groups excluding carboxylic acids is 2. The normalized spacial score (nSPS) is 15.6. The van der Waals surface area contributed by atoms with Crippen LogP contribution in [0.15, 0.2) is 47.5 Å². The average Bonchev–Trinajstić information content (AvgIpc) is 3.15. The van der Waals surface area contributed by atoms with E-state index in [2.05, 4.69) is 0 Å². The van der Waals surface area contributed by atoms with Crippen LogP contribution < -0.4 is 0 Å². The second-order valence-electron chi connectivity index (χ2n) is 6.41. The Hall–Kier alpha value is -3.13. The molecule has 0 radical (unpaired) electrons. The van der Waals surface area contributed by atoms with Gasteiger partial charge in [-0.05, 0) is 31.5 Å². The Bertz CT molecular complexity index is 1150. The highest BCUT2D eigenvalue weighted by Crippen LogP contribution is 2.51. The van der Waals surface area contributed by atoms with Crippen molar-refractivity contribution < 1.29 is 19.2 Å². The lowest BCUT2D eigenvalue weighted by Crippen LogP contribution is -2.09. The van der Waals surface area contributed by atoms with Crippen LogP contribution in [0.5, 0.6) is 0 Å². The maximum Gasteiger partial charge on any atom is 0.341 e. The van der Waals surface area contributed by atoms with Crippen LogP contribution in [0.1, 0.15) is 44.1 Å². The number of benzene rings is 1. The molecule has 1 aliphatic heterocycles. The van der Waals surface area contributed by atoms with Crippen LogP contribution in [0.25, 0.3) is 5.52 Å². The summed E-state index contributed by atoms with van der Waals surface area (Å²) in [5.74, 6) is -0.765. The maximum absolute atomic E-state index is 13.2. The summed E-state index contributed by atoms with van der Waals surface area (Å²) in [4.78, 5) is 37.3. The van der Waals surface area contributed by atoms with Gasteiger partial charge in [0.15, 0.2) is 5.78 Å². The number of aromatic nitrogens is 1. The second kappa shape index (κ2) is 6.79. The molecule has 0 saturated carbocycles. The lowest BCUT2D eigenvalue weighted by molar-refractivity contribution is -0.385. The van der Waals surface area contributed by atoms with Gasteiger partial charge in [0.2, 0.25) is 0 Å². The van der Waals surface area contributed by atoms with Gasteiger partial charge in [-0.15, -0.1) is 11.8 Å². The molecule has 0 amide bonds. The first-order valence-corrected chi connectivity index (χ1v) is 9.58. The van der Waals surface area contributed by atoms with E-state index in [9.17, 15) is 19.7 Å². The van der Waals surface area contributed by atoms with Gasteiger partial charge in [0.25, 0.3) is 5.69 Å². The summed E-state index contributed by atoms with van der Waals surface area (Å²) >= 11 is 1.17. The highest BCUT2D eigenvalue weighted by Gasteiger charge is 2.42. The number of ether oxygens (including phenoxy) is 1. The Morgan fingerprint density at radius 2 is 2.07 bits per heavy atom. The molecule has 0 bridgehead atoms. The number of nitrogens with zero attached hydrogens (tertiary/aromatic N) is 2. The molecular formula is C20H16N2O5S. The van der Waals surface area contributed by atoms with Crippen molar-refractivity contribution in [2.24, 2.45) is 0 Å². The van der Waals surface area contributed by atoms with Crippen molar-refractivity contribution in [3.05, 3.63) is 75.1 Å². The fourth-order valence-electron chi connectivity index (χ4n) is 3.46. The summed E-state index contributed by atoms with van der Waals surface area (Å²) in [6, 6.07) is 9.88. The van der Waals surface area contributed by atoms with Gasteiger partial charge in [-0.1, -0.05) is 18.2 Å². The van der Waals surface area contributed by atoms with Crippen molar-refractivity contribution in [3.63, 3.8) is 0 Å². The van der Waals surface area contributed by atoms with E-state index in [4.69, 9.17) is 4.74 Å². The van der Waals surface area contributed by atoms with E-state index < -0.39 is 16.1 Å². The molecule has 3 heterocycles. The third-order valence-electron chi connectivity index (χ3n) is 4.65. The van der Waals surface area contributed by atoms with E-state index in [0.717, 1.165) is 5.56 Å². The molecule has 0 fully saturated rings. The monoisotopic (exact) mass is 396 g/mol. The van der Waals surface area contributed by atoms with Gasteiger partial charge >= 0.3 is 5.97 Å². The number of aryl methyl sites for hydroxylation is 1. The zero-order valence-electron chi connectivity index (χ0n) is 15.2. The summed E-state index contributed by atoms with van der Waals surface area (Å²) in [6.07, 6.45) is 1.74. The lowest BCUT2D eigenvalue weighted by Gasteiger charge is -2.10. The van der Waals surface area contributed by atoms with Gasteiger partial charge in [0.1, 0.15) is 10.9 Å². The Morgan fingerprint density at radius 1 is 1.32 bits per heavy atom. The summed E-state index contributed by atoms with van der Waals surface area (Å²) in [6.45, 7) is 3.83. The zero-order valence-corrected chi connectivity index (χ0v) is 16.0. The number of hydrogen-bond donors (Lipinski definition) is 0. The number of para-hydroxylation sites is 1. The number of nitro groups is 1. The highest BCUT2D eigenvalue weighted by atomic mass is 32.2. The number of ketones is 1. The highest BCUT2D eigenvalue weighted by molar-refractivity contribution is 8.01. The minimum absolute atomic E-state index is 0.110. The number of hydrogen-bond acceptors (Lipinski definition) is 6. The number of Topliss-reactive ketones (excluding diaryl/α,β-unsaturated/α-hetero) is 1. The van der Waals surface area contributed by atoms with E-state index in [1.807, 2.05) is 19.1 Å². The molecule has 0 spiro atoms. The molecular weight excluding hydrogens is 380 g/mol. The minimum atomic E-state index is -0.780. The molecule has 0 aliphatic carbocycles. The third kappa shape index (κ3) is 2.68. The molecule has 2 aromatic heterocycles. The minimum Gasteiger partial charge on any atom is -0.462 e. The lowest BCUT2D eigenvalue weighted by atomic mass is 10.0. The first-order valence-electron chi connectivity index (χ1n) is 8.70. The second-order valence-corrected chi connectivity index (χ2v) is 7.53. The molecule has 1 aliphatic rings. The quantitative estimate of drug-likeness (QED) is 0.370. The molecule has 1 aromatic carbocycles. The van der Waals surface area contributed by atoms with E-state index in [-0.39, 0.29) is 18.1 Å². The Balaban J connectivity index is 1.91. The van der Waals surface area contributed by atoms with Gasteiger partial charge in [-0.2, -0.15) is 0 Å². The van der Waals surface area contributed by atoms with Crippen LogP contribution >= 0.6 is 11.8 Å².